The Kier molecular flexibility index (Phi) is 2.42. The Bertz CT molecular complexity index is 142. The molecule has 1 spiro atoms. The molecule has 64 valence electrons. The minimum atomic E-state index is 0.574. The Morgan fingerprint density at radius 3 is 2.73 bits per heavy atom. The first-order valence-electron chi connectivity index (χ1n) is 4.52. The summed E-state index contributed by atoms with van der Waals surface area (Å²) in [6.45, 7) is 1.02. The molecule has 0 aromatic rings. The maximum Gasteiger partial charge on any atom is 0.0669 e. The fourth-order valence-corrected chi connectivity index (χ4v) is 2.88. The smallest absolute Gasteiger partial charge is 0.0669 e. The zero-order valence-corrected chi connectivity index (χ0v) is 8.97. The third-order valence-electron chi connectivity index (χ3n) is 3.23. The molecule has 1 aliphatic heterocycles. The lowest BCUT2D eigenvalue weighted by Gasteiger charge is -2.47. The van der Waals surface area contributed by atoms with E-state index < -0.39 is 0 Å². The molecule has 0 aromatic carbocycles. The van der Waals surface area contributed by atoms with Gasteiger partial charge in [-0.25, -0.2) is 0 Å². The third-order valence-corrected chi connectivity index (χ3v) is 4.22. The second kappa shape index (κ2) is 3.21. The van der Waals surface area contributed by atoms with Crippen LogP contribution in [0.15, 0.2) is 0 Å². The summed E-state index contributed by atoms with van der Waals surface area (Å²) in [4.78, 5) is 0. The molecule has 0 amide bonds. The van der Waals surface area contributed by atoms with Crippen LogP contribution in [-0.2, 0) is 4.74 Å². The fraction of sp³-hybridized carbons (Fsp3) is 1.00. The van der Waals surface area contributed by atoms with Crippen molar-refractivity contribution in [3.05, 3.63) is 0 Å². The fourth-order valence-electron chi connectivity index (χ4n) is 2.32. The molecule has 0 bridgehead atoms. The zero-order chi connectivity index (χ0) is 7.73. The quantitative estimate of drug-likeness (QED) is 0.524. The predicted octanol–water partition coefficient (Wildman–Crippen LogP) is 2.77. The lowest BCUT2D eigenvalue weighted by molar-refractivity contribution is -0.0686. The molecule has 2 heteroatoms. The highest BCUT2D eigenvalue weighted by molar-refractivity contribution is 14.1. The SMILES string of the molecule is ICC1CC2(CCC2)CCO1. The van der Waals surface area contributed by atoms with Gasteiger partial charge in [-0.15, -0.1) is 0 Å². The van der Waals surface area contributed by atoms with Gasteiger partial charge in [0, 0.05) is 11.0 Å². The van der Waals surface area contributed by atoms with Gasteiger partial charge in [0.2, 0.25) is 0 Å². The minimum absolute atomic E-state index is 0.574. The van der Waals surface area contributed by atoms with E-state index in [1.165, 1.54) is 36.5 Å². The number of alkyl halides is 1. The van der Waals surface area contributed by atoms with Crippen LogP contribution < -0.4 is 0 Å². The largest absolute Gasteiger partial charge is 0.377 e. The summed E-state index contributed by atoms with van der Waals surface area (Å²) in [6.07, 6.45) is 7.67. The van der Waals surface area contributed by atoms with Crippen LogP contribution in [0.25, 0.3) is 0 Å². The van der Waals surface area contributed by atoms with Crippen LogP contribution >= 0.6 is 22.6 Å². The molecule has 0 N–H and O–H groups in total. The van der Waals surface area contributed by atoms with Crippen LogP contribution in [0.1, 0.15) is 32.1 Å². The van der Waals surface area contributed by atoms with E-state index in [4.69, 9.17) is 4.74 Å². The predicted molar refractivity (Wildman–Crippen MR) is 54.1 cm³/mol. The van der Waals surface area contributed by atoms with Crippen molar-refractivity contribution < 1.29 is 4.74 Å². The molecule has 0 radical (unpaired) electrons. The lowest BCUT2D eigenvalue weighted by Crippen LogP contribution is -2.40. The van der Waals surface area contributed by atoms with Crippen LogP contribution in [0.3, 0.4) is 0 Å². The molecule has 11 heavy (non-hydrogen) atoms. The van der Waals surface area contributed by atoms with Crippen LogP contribution in [0.2, 0.25) is 0 Å². The Morgan fingerprint density at radius 2 is 2.18 bits per heavy atom. The maximum absolute atomic E-state index is 5.65. The van der Waals surface area contributed by atoms with Crippen LogP contribution in [0.4, 0.5) is 0 Å². The number of hydrogen-bond acceptors (Lipinski definition) is 1. The van der Waals surface area contributed by atoms with Crippen molar-refractivity contribution in [2.45, 2.75) is 38.2 Å². The molecular weight excluding hydrogens is 251 g/mol. The zero-order valence-electron chi connectivity index (χ0n) is 6.81. The summed E-state index contributed by atoms with van der Waals surface area (Å²) in [5.41, 5.74) is 0.744. The second-order valence-electron chi connectivity index (χ2n) is 3.95. The Balaban J connectivity index is 1.92. The van der Waals surface area contributed by atoms with E-state index in [1.54, 1.807) is 0 Å². The van der Waals surface area contributed by atoms with Crippen LogP contribution in [-0.4, -0.2) is 17.1 Å². The Morgan fingerprint density at radius 1 is 1.36 bits per heavy atom. The molecular formula is C9H15IO. The van der Waals surface area contributed by atoms with E-state index in [1.807, 2.05) is 0 Å². The van der Waals surface area contributed by atoms with Gasteiger partial charge in [0.15, 0.2) is 0 Å². The summed E-state index contributed by atoms with van der Waals surface area (Å²) in [5.74, 6) is 0. The molecule has 2 rings (SSSR count). The first-order chi connectivity index (χ1) is 5.35. The van der Waals surface area contributed by atoms with Gasteiger partial charge in [-0.05, 0) is 31.1 Å². The molecule has 1 unspecified atom stereocenters. The first kappa shape index (κ1) is 8.30. The monoisotopic (exact) mass is 266 g/mol. The summed E-state index contributed by atoms with van der Waals surface area (Å²) < 4.78 is 6.83. The highest BCUT2D eigenvalue weighted by atomic mass is 127. The number of ether oxygens (including phenoxy) is 1. The number of hydrogen-bond donors (Lipinski definition) is 0. The van der Waals surface area contributed by atoms with E-state index in [9.17, 15) is 0 Å². The van der Waals surface area contributed by atoms with E-state index in [-0.39, 0.29) is 0 Å². The summed E-state index contributed by atoms with van der Waals surface area (Å²) in [6, 6.07) is 0. The topological polar surface area (TPSA) is 9.23 Å². The van der Waals surface area contributed by atoms with Gasteiger partial charge >= 0.3 is 0 Å². The first-order valence-corrected chi connectivity index (χ1v) is 6.05. The Hall–Kier alpha value is 0.690. The van der Waals surface area contributed by atoms with Crippen molar-refractivity contribution in [3.63, 3.8) is 0 Å². The molecule has 1 atom stereocenters. The molecule has 2 aliphatic rings. The van der Waals surface area contributed by atoms with Crippen LogP contribution in [0, 0.1) is 5.41 Å². The van der Waals surface area contributed by atoms with Gasteiger partial charge in [0.25, 0.3) is 0 Å². The summed E-state index contributed by atoms with van der Waals surface area (Å²) in [5, 5.41) is 0. The molecule has 1 heterocycles. The Labute approximate surface area is 82.0 Å². The molecule has 1 saturated heterocycles. The standard InChI is InChI=1S/C9H15IO/c10-7-8-6-9(2-1-3-9)4-5-11-8/h8H,1-7H2. The average molecular weight is 266 g/mol. The van der Waals surface area contributed by atoms with Crippen LogP contribution in [0.5, 0.6) is 0 Å². The van der Waals surface area contributed by atoms with Crippen molar-refractivity contribution >= 4 is 22.6 Å². The third kappa shape index (κ3) is 1.57. The van der Waals surface area contributed by atoms with Crippen molar-refractivity contribution in [3.8, 4) is 0 Å². The highest BCUT2D eigenvalue weighted by Gasteiger charge is 2.41. The second-order valence-corrected chi connectivity index (χ2v) is 4.84. The number of halogens is 1. The highest BCUT2D eigenvalue weighted by Crippen LogP contribution is 2.50. The normalized spacial score (nSPS) is 35.2. The number of rotatable bonds is 1. The average Bonchev–Trinajstić information content (AvgIpc) is 2.02. The van der Waals surface area contributed by atoms with Gasteiger partial charge < -0.3 is 4.74 Å². The molecule has 2 fully saturated rings. The van der Waals surface area contributed by atoms with Crippen molar-refractivity contribution in [2.75, 3.05) is 11.0 Å². The summed E-state index contributed by atoms with van der Waals surface area (Å²) in [7, 11) is 0. The van der Waals surface area contributed by atoms with Gasteiger partial charge in [-0.3, -0.25) is 0 Å². The maximum atomic E-state index is 5.65. The van der Waals surface area contributed by atoms with Crippen molar-refractivity contribution in [1.82, 2.24) is 0 Å². The van der Waals surface area contributed by atoms with E-state index in [2.05, 4.69) is 22.6 Å². The van der Waals surface area contributed by atoms with Gasteiger partial charge in [0.1, 0.15) is 0 Å². The minimum Gasteiger partial charge on any atom is -0.377 e. The lowest BCUT2D eigenvalue weighted by atomic mass is 9.63. The van der Waals surface area contributed by atoms with E-state index >= 15 is 0 Å². The van der Waals surface area contributed by atoms with Crippen molar-refractivity contribution in [2.24, 2.45) is 5.41 Å². The summed E-state index contributed by atoms with van der Waals surface area (Å²) >= 11 is 2.44. The molecule has 1 aliphatic carbocycles. The van der Waals surface area contributed by atoms with Crippen molar-refractivity contribution in [1.29, 1.82) is 0 Å². The van der Waals surface area contributed by atoms with Gasteiger partial charge in [0.05, 0.1) is 6.10 Å². The van der Waals surface area contributed by atoms with E-state index in [0.29, 0.717) is 6.10 Å². The van der Waals surface area contributed by atoms with Gasteiger partial charge in [-0.1, -0.05) is 29.0 Å². The molecule has 1 saturated carbocycles. The van der Waals surface area contributed by atoms with Gasteiger partial charge in [-0.2, -0.15) is 0 Å². The molecule has 0 aromatic heterocycles. The molecule has 1 nitrogen and oxygen atoms in total. The van der Waals surface area contributed by atoms with E-state index in [0.717, 1.165) is 12.0 Å².